The molecule has 2 atom stereocenters. The molecule has 1 N–H and O–H groups in total. The number of hydrogen-bond acceptors (Lipinski definition) is 4. The summed E-state index contributed by atoms with van der Waals surface area (Å²) in [6.45, 7) is 2.79. The van der Waals surface area contributed by atoms with Gasteiger partial charge in [0.25, 0.3) is 5.91 Å². The number of likely N-dealkylation sites (tertiary alicyclic amines) is 1. The molecule has 8 heteroatoms. The summed E-state index contributed by atoms with van der Waals surface area (Å²) in [5.74, 6) is -0.118. The van der Waals surface area contributed by atoms with E-state index in [0.29, 0.717) is 18.8 Å². The molecule has 5 rings (SSSR count). The molecule has 30 heavy (non-hydrogen) atoms. The average Bonchev–Trinajstić information content (AvgIpc) is 3.17. The minimum atomic E-state index is -0.556. The van der Waals surface area contributed by atoms with Crippen LogP contribution in [0.15, 0.2) is 47.2 Å². The molecule has 0 spiro atoms. The Morgan fingerprint density at radius 3 is 2.80 bits per heavy atom. The number of aliphatic hydroxyl groups is 1. The van der Waals surface area contributed by atoms with E-state index >= 15 is 0 Å². The minimum Gasteiger partial charge on any atom is -0.390 e. The monoisotopic (exact) mass is 580 g/mol. The molecule has 0 unspecified atom stereocenters. The second kappa shape index (κ2) is 8.22. The molecule has 2 aliphatic rings. The number of halogens is 2. The fourth-order valence-electron chi connectivity index (χ4n) is 4.62. The molecule has 156 valence electrons. The van der Waals surface area contributed by atoms with Crippen LogP contribution in [0.5, 0.6) is 0 Å². The predicted molar refractivity (Wildman–Crippen MR) is 126 cm³/mol. The lowest BCUT2D eigenvalue weighted by Crippen LogP contribution is -2.56. The number of benzene rings is 1. The second-order valence-corrected chi connectivity index (χ2v) is 10.1. The summed E-state index contributed by atoms with van der Waals surface area (Å²) < 4.78 is 3.79. The summed E-state index contributed by atoms with van der Waals surface area (Å²) in [5, 5.41) is 10.9. The van der Waals surface area contributed by atoms with Gasteiger partial charge in [0.1, 0.15) is 5.69 Å². The van der Waals surface area contributed by atoms with Crippen LogP contribution in [0, 0.1) is 3.57 Å². The third-order valence-corrected chi connectivity index (χ3v) is 7.38. The Morgan fingerprint density at radius 2 is 2.00 bits per heavy atom. The molecule has 1 amide bonds. The first-order chi connectivity index (χ1) is 14.5. The number of carbonyl (C=O) groups is 1. The third kappa shape index (κ3) is 3.79. The molecule has 2 aliphatic heterocycles. The van der Waals surface area contributed by atoms with Gasteiger partial charge in [0.05, 0.1) is 9.67 Å². The summed E-state index contributed by atoms with van der Waals surface area (Å²) in [6.07, 6.45) is 4.89. The Labute approximate surface area is 197 Å². The molecule has 3 aromatic rings. The molecule has 0 bridgehead atoms. The zero-order chi connectivity index (χ0) is 20.8. The molecule has 0 radical (unpaired) electrons. The second-order valence-electron chi connectivity index (χ2n) is 8.03. The molecule has 0 aliphatic carbocycles. The van der Waals surface area contributed by atoms with E-state index in [1.165, 1.54) is 11.1 Å². The van der Waals surface area contributed by atoms with Crippen LogP contribution in [-0.4, -0.2) is 62.0 Å². The largest absolute Gasteiger partial charge is 0.390 e. The molecule has 2 aromatic heterocycles. The van der Waals surface area contributed by atoms with E-state index in [4.69, 9.17) is 0 Å². The first-order valence-corrected chi connectivity index (χ1v) is 12.0. The maximum Gasteiger partial charge on any atom is 0.274 e. The molecular formula is C22H22BrIN4O2. The Hall–Kier alpha value is -1.49. The third-order valence-electron chi connectivity index (χ3n) is 6.15. The first kappa shape index (κ1) is 20.4. The average molecular weight is 581 g/mol. The Balaban J connectivity index is 1.29. The van der Waals surface area contributed by atoms with E-state index in [1.807, 2.05) is 16.7 Å². The van der Waals surface area contributed by atoms with Crippen molar-refractivity contribution in [1.29, 1.82) is 0 Å². The van der Waals surface area contributed by atoms with Gasteiger partial charge in [-0.1, -0.05) is 24.3 Å². The van der Waals surface area contributed by atoms with Gasteiger partial charge in [-0.05, 0) is 68.6 Å². The number of hydrogen-bond donors (Lipinski definition) is 1. The predicted octanol–water partition coefficient (Wildman–Crippen LogP) is 3.34. The van der Waals surface area contributed by atoms with Crippen LogP contribution < -0.4 is 0 Å². The van der Waals surface area contributed by atoms with Crippen LogP contribution in [-0.2, 0) is 13.0 Å². The van der Waals surface area contributed by atoms with Gasteiger partial charge in [-0.2, -0.15) is 0 Å². The van der Waals surface area contributed by atoms with Crippen LogP contribution in [0.3, 0.4) is 0 Å². The van der Waals surface area contributed by atoms with E-state index in [0.717, 1.165) is 39.6 Å². The van der Waals surface area contributed by atoms with Gasteiger partial charge in [0.15, 0.2) is 5.65 Å². The Morgan fingerprint density at radius 1 is 1.20 bits per heavy atom. The van der Waals surface area contributed by atoms with Crippen molar-refractivity contribution in [1.82, 2.24) is 19.2 Å². The van der Waals surface area contributed by atoms with Gasteiger partial charge in [-0.15, -0.1) is 0 Å². The molecule has 1 fully saturated rings. The fraction of sp³-hybridized carbons (Fsp3) is 0.364. The summed E-state index contributed by atoms with van der Waals surface area (Å²) >= 11 is 5.70. The van der Waals surface area contributed by atoms with Crippen molar-refractivity contribution in [2.75, 3.05) is 19.6 Å². The highest BCUT2D eigenvalue weighted by atomic mass is 127. The van der Waals surface area contributed by atoms with Gasteiger partial charge in [-0.3, -0.25) is 9.69 Å². The van der Waals surface area contributed by atoms with Gasteiger partial charge in [0, 0.05) is 49.1 Å². The molecule has 4 heterocycles. The van der Waals surface area contributed by atoms with E-state index in [9.17, 15) is 9.90 Å². The number of pyridine rings is 1. The van der Waals surface area contributed by atoms with Crippen LogP contribution in [0.2, 0.25) is 0 Å². The zero-order valence-corrected chi connectivity index (χ0v) is 20.1. The van der Waals surface area contributed by atoms with Crippen LogP contribution in [0.25, 0.3) is 5.65 Å². The maximum absolute atomic E-state index is 13.1. The number of piperidine rings is 1. The summed E-state index contributed by atoms with van der Waals surface area (Å²) in [5.41, 5.74) is 3.94. The lowest BCUT2D eigenvalue weighted by atomic mass is 9.94. The quantitative estimate of drug-likeness (QED) is 0.473. The number of nitrogens with zero attached hydrogens (tertiary/aromatic N) is 4. The minimum absolute atomic E-state index is 0.0837. The normalized spacial score (nSPS) is 22.3. The number of aliphatic hydroxyl groups excluding tert-OH is 1. The fourth-order valence-corrected chi connectivity index (χ4v) is 6.23. The maximum atomic E-state index is 13.1. The standard InChI is InChI=1S/C22H22BrIN4O2/c23-16-9-17(24)21-25-18(12-28(21)11-16)22(30)27-8-6-19(20(29)13-27)26-7-5-14-3-1-2-4-15(14)10-26/h1-4,9,11-12,19-20,29H,5-8,10,13H2/t19-,20-/m0/s1. The number of β-amino-alcohol motifs (C(OH)–C–C–N with tert-alkyl or cyclic N) is 1. The molecule has 6 nitrogen and oxygen atoms in total. The van der Waals surface area contributed by atoms with E-state index in [2.05, 4.69) is 72.7 Å². The highest BCUT2D eigenvalue weighted by Crippen LogP contribution is 2.26. The lowest BCUT2D eigenvalue weighted by molar-refractivity contribution is -0.0139. The molecule has 0 saturated carbocycles. The van der Waals surface area contributed by atoms with Crippen LogP contribution in [0.1, 0.15) is 28.0 Å². The van der Waals surface area contributed by atoms with E-state index < -0.39 is 6.10 Å². The van der Waals surface area contributed by atoms with Gasteiger partial charge in [0.2, 0.25) is 0 Å². The number of amides is 1. The van der Waals surface area contributed by atoms with Crippen molar-refractivity contribution >= 4 is 50.1 Å². The number of rotatable bonds is 2. The number of fused-ring (bicyclic) bond motifs is 2. The highest BCUT2D eigenvalue weighted by Gasteiger charge is 2.35. The van der Waals surface area contributed by atoms with Crippen molar-refractivity contribution in [3.05, 3.63) is 67.6 Å². The summed E-state index contributed by atoms with van der Waals surface area (Å²) in [6, 6.07) is 10.6. The topological polar surface area (TPSA) is 61.1 Å². The van der Waals surface area contributed by atoms with E-state index in [1.54, 1.807) is 11.1 Å². The zero-order valence-electron chi connectivity index (χ0n) is 16.3. The van der Waals surface area contributed by atoms with Crippen LogP contribution >= 0.6 is 38.5 Å². The van der Waals surface area contributed by atoms with E-state index in [-0.39, 0.29) is 11.9 Å². The molecule has 1 aromatic carbocycles. The van der Waals surface area contributed by atoms with Crippen molar-refractivity contribution in [2.24, 2.45) is 0 Å². The van der Waals surface area contributed by atoms with Crippen LogP contribution in [0.4, 0.5) is 0 Å². The molecule has 1 saturated heterocycles. The lowest BCUT2D eigenvalue weighted by Gasteiger charge is -2.43. The number of imidazole rings is 1. The van der Waals surface area contributed by atoms with Crippen molar-refractivity contribution in [3.8, 4) is 0 Å². The summed E-state index contributed by atoms with van der Waals surface area (Å²) in [7, 11) is 0. The van der Waals surface area contributed by atoms with Gasteiger partial charge in [-0.25, -0.2) is 4.98 Å². The molecular weight excluding hydrogens is 559 g/mol. The smallest absolute Gasteiger partial charge is 0.274 e. The Kier molecular flexibility index (Phi) is 5.59. The Bertz CT molecular complexity index is 1120. The van der Waals surface area contributed by atoms with Gasteiger partial charge >= 0.3 is 0 Å². The van der Waals surface area contributed by atoms with Gasteiger partial charge < -0.3 is 14.4 Å². The number of carbonyl (C=O) groups excluding carboxylic acids is 1. The summed E-state index contributed by atoms with van der Waals surface area (Å²) in [4.78, 5) is 21.7. The SMILES string of the molecule is O=C(c1cn2cc(Br)cc(I)c2n1)N1CC[C@H](N2CCc3ccccc3C2)[C@@H](O)C1. The van der Waals surface area contributed by atoms with Crippen molar-refractivity contribution in [3.63, 3.8) is 0 Å². The van der Waals surface area contributed by atoms with Crippen molar-refractivity contribution < 1.29 is 9.90 Å². The first-order valence-electron chi connectivity index (χ1n) is 10.1. The number of aromatic nitrogens is 2. The van der Waals surface area contributed by atoms with Crippen molar-refractivity contribution in [2.45, 2.75) is 31.5 Å². The highest BCUT2D eigenvalue weighted by molar-refractivity contribution is 14.1.